The summed E-state index contributed by atoms with van der Waals surface area (Å²) in [5, 5.41) is 14.9. The lowest BCUT2D eigenvalue weighted by atomic mass is 9.99. The molecule has 1 atom stereocenters. The smallest absolute Gasteiger partial charge is 0.230 e. The van der Waals surface area contributed by atoms with Crippen molar-refractivity contribution in [3.05, 3.63) is 35.9 Å². The molecule has 23 heavy (non-hydrogen) atoms. The lowest BCUT2D eigenvalue weighted by Crippen LogP contribution is -2.37. The van der Waals surface area contributed by atoms with Gasteiger partial charge in [-0.25, -0.2) is 0 Å². The average molecular weight is 371 g/mol. The highest BCUT2D eigenvalue weighted by Gasteiger charge is 2.21. The first-order chi connectivity index (χ1) is 10.8. The number of thioether (sulfide) groups is 1. The number of hydrogen-bond donors (Lipinski definition) is 2. The summed E-state index contributed by atoms with van der Waals surface area (Å²) < 4.78 is 0.876. The van der Waals surface area contributed by atoms with Crippen molar-refractivity contribution in [1.29, 1.82) is 0 Å². The summed E-state index contributed by atoms with van der Waals surface area (Å²) in [4.78, 5) is 12.1. The fourth-order valence-corrected chi connectivity index (χ4v) is 4.03. The maximum absolute atomic E-state index is 12.1. The van der Waals surface area contributed by atoms with Crippen LogP contribution < -0.4 is 10.6 Å². The van der Waals surface area contributed by atoms with E-state index in [1.807, 2.05) is 18.2 Å². The fraction of sp³-hybridized carbons (Fsp3) is 0.400. The summed E-state index contributed by atoms with van der Waals surface area (Å²) in [5.41, 5.74) is 1.25. The molecule has 1 aromatic heterocycles. The quantitative estimate of drug-likeness (QED) is 0.625. The van der Waals surface area contributed by atoms with Crippen molar-refractivity contribution in [2.24, 2.45) is 5.92 Å². The van der Waals surface area contributed by atoms with Crippen LogP contribution in [0.1, 0.15) is 18.4 Å². The van der Waals surface area contributed by atoms with Crippen LogP contribution in [-0.2, 0) is 10.5 Å². The van der Waals surface area contributed by atoms with Crippen LogP contribution in [0.15, 0.2) is 34.7 Å². The number of carbonyl (C=O) groups excluding carboxylic acids is 1. The van der Waals surface area contributed by atoms with Crippen LogP contribution in [0.5, 0.6) is 0 Å². The zero-order valence-electron chi connectivity index (χ0n) is 12.5. The van der Waals surface area contributed by atoms with Crippen LogP contribution in [0.3, 0.4) is 0 Å². The molecule has 124 valence electrons. The van der Waals surface area contributed by atoms with E-state index < -0.39 is 0 Å². The summed E-state index contributed by atoms with van der Waals surface area (Å²) in [7, 11) is 0. The highest BCUT2D eigenvalue weighted by atomic mass is 35.5. The summed E-state index contributed by atoms with van der Waals surface area (Å²) in [5.74, 6) is 0.941. The molecule has 1 saturated heterocycles. The van der Waals surface area contributed by atoms with Crippen LogP contribution >= 0.6 is 35.5 Å². The molecule has 1 amide bonds. The lowest BCUT2D eigenvalue weighted by Gasteiger charge is -2.20. The third kappa shape index (κ3) is 5.46. The van der Waals surface area contributed by atoms with E-state index in [9.17, 15) is 4.79 Å². The first-order valence-corrected chi connectivity index (χ1v) is 9.13. The van der Waals surface area contributed by atoms with Crippen LogP contribution in [0, 0.1) is 5.92 Å². The van der Waals surface area contributed by atoms with Crippen molar-refractivity contribution >= 4 is 46.5 Å². The first kappa shape index (κ1) is 18.2. The number of nitrogens with zero attached hydrogens (tertiary/aromatic N) is 2. The van der Waals surface area contributed by atoms with Crippen molar-refractivity contribution in [3.8, 4) is 0 Å². The van der Waals surface area contributed by atoms with Gasteiger partial charge in [0.25, 0.3) is 0 Å². The Kier molecular flexibility index (Phi) is 7.29. The largest absolute Gasteiger partial charge is 0.316 e. The molecule has 1 aliphatic heterocycles. The Bertz CT molecular complexity index is 617. The number of carbonyl (C=O) groups is 1. The maximum Gasteiger partial charge on any atom is 0.230 e. The standard InChI is InChI=1S/C15H18N4OS2.ClH/c20-13(12-7-4-8-16-9-12)17-14-18-19-15(22-14)21-10-11-5-2-1-3-6-11;/h1-3,5-6,12,16H,4,7-10H2,(H,17,18,20);1H. The van der Waals surface area contributed by atoms with Crippen LogP contribution in [-0.4, -0.2) is 29.2 Å². The molecule has 0 saturated carbocycles. The summed E-state index contributed by atoms with van der Waals surface area (Å²) in [6.45, 7) is 1.75. The van der Waals surface area contributed by atoms with E-state index in [1.165, 1.54) is 16.9 Å². The van der Waals surface area contributed by atoms with Crippen LogP contribution in [0.2, 0.25) is 0 Å². The van der Waals surface area contributed by atoms with Gasteiger partial charge >= 0.3 is 0 Å². The summed E-state index contributed by atoms with van der Waals surface area (Å²) in [6.07, 6.45) is 1.99. The zero-order valence-corrected chi connectivity index (χ0v) is 15.0. The van der Waals surface area contributed by atoms with Gasteiger partial charge in [0.2, 0.25) is 11.0 Å². The van der Waals surface area contributed by atoms with E-state index in [2.05, 4.69) is 33.0 Å². The second-order valence-electron chi connectivity index (χ2n) is 5.18. The maximum atomic E-state index is 12.1. The topological polar surface area (TPSA) is 66.9 Å². The Morgan fingerprint density at radius 3 is 2.91 bits per heavy atom. The number of amides is 1. The van der Waals surface area contributed by atoms with Crippen LogP contribution in [0.4, 0.5) is 5.13 Å². The lowest BCUT2D eigenvalue weighted by molar-refractivity contribution is -0.120. The van der Waals surface area contributed by atoms with E-state index in [1.54, 1.807) is 11.8 Å². The number of hydrogen-bond acceptors (Lipinski definition) is 6. The molecular weight excluding hydrogens is 352 g/mol. The van der Waals surface area contributed by atoms with Gasteiger partial charge < -0.3 is 10.6 Å². The van der Waals surface area contributed by atoms with Crippen molar-refractivity contribution < 1.29 is 4.79 Å². The van der Waals surface area contributed by atoms with Crippen LogP contribution in [0.25, 0.3) is 0 Å². The molecule has 0 radical (unpaired) electrons. The van der Waals surface area contributed by atoms with Gasteiger partial charge in [-0.2, -0.15) is 0 Å². The molecule has 1 fully saturated rings. The van der Waals surface area contributed by atoms with Crippen molar-refractivity contribution in [3.63, 3.8) is 0 Å². The van der Waals surface area contributed by atoms with Gasteiger partial charge in [0.15, 0.2) is 4.34 Å². The molecule has 1 unspecified atom stereocenters. The molecular formula is C15H19ClN4OS2. The predicted molar refractivity (Wildman–Crippen MR) is 97.4 cm³/mol. The van der Waals surface area contributed by atoms with Gasteiger partial charge in [-0.1, -0.05) is 53.4 Å². The minimum atomic E-state index is 0. The molecule has 2 heterocycles. The second kappa shape index (κ2) is 9.22. The van der Waals surface area contributed by atoms with Gasteiger partial charge in [-0.15, -0.1) is 22.6 Å². The van der Waals surface area contributed by atoms with Gasteiger partial charge in [0.1, 0.15) is 0 Å². The number of benzene rings is 1. The second-order valence-corrected chi connectivity index (χ2v) is 7.38. The van der Waals surface area contributed by atoms with Crippen molar-refractivity contribution in [1.82, 2.24) is 15.5 Å². The number of rotatable bonds is 5. The van der Waals surface area contributed by atoms with E-state index in [-0.39, 0.29) is 24.2 Å². The Morgan fingerprint density at radius 2 is 2.17 bits per heavy atom. The Hall–Kier alpha value is -1.15. The normalized spacial score (nSPS) is 17.3. The Balaban J connectivity index is 0.00000192. The van der Waals surface area contributed by atoms with E-state index >= 15 is 0 Å². The van der Waals surface area contributed by atoms with E-state index in [4.69, 9.17) is 0 Å². The number of piperidine rings is 1. The van der Waals surface area contributed by atoms with E-state index in [0.29, 0.717) is 5.13 Å². The molecule has 0 spiro atoms. The van der Waals surface area contributed by atoms with Crippen molar-refractivity contribution in [2.45, 2.75) is 22.9 Å². The minimum absolute atomic E-state index is 0. The first-order valence-electron chi connectivity index (χ1n) is 7.33. The molecule has 1 aliphatic rings. The molecule has 0 bridgehead atoms. The molecule has 3 rings (SSSR count). The molecule has 2 N–H and O–H groups in total. The minimum Gasteiger partial charge on any atom is -0.316 e. The Labute approximate surface area is 150 Å². The number of halogens is 1. The number of nitrogens with one attached hydrogen (secondary N) is 2. The number of aromatic nitrogens is 2. The molecule has 1 aromatic carbocycles. The zero-order chi connectivity index (χ0) is 15.2. The van der Waals surface area contributed by atoms with E-state index in [0.717, 1.165) is 36.0 Å². The van der Waals surface area contributed by atoms with Gasteiger partial charge in [0.05, 0.1) is 5.92 Å². The van der Waals surface area contributed by atoms with Gasteiger partial charge in [-0.05, 0) is 24.9 Å². The Morgan fingerprint density at radius 1 is 1.35 bits per heavy atom. The highest BCUT2D eigenvalue weighted by molar-refractivity contribution is 8.00. The van der Waals surface area contributed by atoms with Crippen molar-refractivity contribution in [2.75, 3.05) is 18.4 Å². The van der Waals surface area contributed by atoms with Gasteiger partial charge in [-0.3, -0.25) is 4.79 Å². The third-order valence-electron chi connectivity index (χ3n) is 3.51. The summed E-state index contributed by atoms with van der Waals surface area (Å²) in [6, 6.07) is 10.2. The molecule has 8 heteroatoms. The molecule has 5 nitrogen and oxygen atoms in total. The monoisotopic (exact) mass is 370 g/mol. The third-order valence-corrected chi connectivity index (χ3v) is 5.55. The van der Waals surface area contributed by atoms with Gasteiger partial charge in [0, 0.05) is 12.3 Å². The summed E-state index contributed by atoms with van der Waals surface area (Å²) >= 11 is 3.07. The fourth-order valence-electron chi connectivity index (χ4n) is 2.32. The number of anilines is 1. The highest BCUT2D eigenvalue weighted by Crippen LogP contribution is 2.28. The molecule has 2 aromatic rings. The predicted octanol–water partition coefficient (Wildman–Crippen LogP) is 3.19. The SMILES string of the molecule is Cl.O=C(Nc1nnc(SCc2ccccc2)s1)C1CCCNC1. The average Bonchev–Trinajstić information content (AvgIpc) is 3.02. The molecule has 0 aliphatic carbocycles.